The molecule has 6 heteroatoms. The van der Waals surface area contributed by atoms with Crippen LogP contribution in [0.2, 0.25) is 5.02 Å². The number of nitrogens with one attached hydrogen (secondary N) is 1. The molecule has 0 spiro atoms. The highest BCUT2D eigenvalue weighted by Gasteiger charge is 2.12. The van der Waals surface area contributed by atoms with Gasteiger partial charge in [0.1, 0.15) is 11.6 Å². The van der Waals surface area contributed by atoms with Gasteiger partial charge in [-0.1, -0.05) is 11.6 Å². The molecule has 27 heavy (non-hydrogen) atoms. The molecule has 4 rings (SSSR count). The van der Waals surface area contributed by atoms with E-state index in [9.17, 15) is 0 Å². The molecule has 2 aromatic carbocycles. The lowest BCUT2D eigenvalue weighted by Gasteiger charge is -2.12. The Morgan fingerprint density at radius 3 is 2.67 bits per heavy atom. The van der Waals surface area contributed by atoms with E-state index in [-0.39, 0.29) is 0 Å². The summed E-state index contributed by atoms with van der Waals surface area (Å²) in [6.45, 7) is 4.59. The number of aryl methyl sites for hydroxylation is 1. The van der Waals surface area contributed by atoms with Crippen LogP contribution in [0, 0.1) is 6.92 Å². The van der Waals surface area contributed by atoms with Crippen molar-refractivity contribution >= 4 is 34.0 Å². The van der Waals surface area contributed by atoms with E-state index < -0.39 is 0 Å². The highest BCUT2D eigenvalue weighted by molar-refractivity contribution is 6.31. The van der Waals surface area contributed by atoms with Crippen LogP contribution in [0.15, 0.2) is 60.8 Å². The average Bonchev–Trinajstić information content (AvgIpc) is 3.03. The van der Waals surface area contributed by atoms with E-state index >= 15 is 0 Å². The molecule has 0 aliphatic heterocycles. The van der Waals surface area contributed by atoms with E-state index in [2.05, 4.69) is 15.4 Å². The first kappa shape index (κ1) is 17.4. The third-order valence-corrected chi connectivity index (χ3v) is 4.41. The number of halogens is 1. The lowest BCUT2D eigenvalue weighted by Crippen LogP contribution is -2.04. The van der Waals surface area contributed by atoms with Gasteiger partial charge in [-0.15, -0.1) is 0 Å². The van der Waals surface area contributed by atoms with Crippen LogP contribution in [0.25, 0.3) is 16.6 Å². The standard InChI is InChI=1S/C21H19ClN4O/c1-3-27-17-7-5-16(6-8-17)24-21-12-14(2)25-26(21)20-10-11-23-19-13-15(22)4-9-18(19)20/h4-13,24H,3H2,1-2H3. The lowest BCUT2D eigenvalue weighted by molar-refractivity contribution is 0.340. The van der Waals surface area contributed by atoms with E-state index in [1.165, 1.54) is 0 Å². The summed E-state index contributed by atoms with van der Waals surface area (Å²) in [5, 5.41) is 9.75. The SMILES string of the molecule is CCOc1ccc(Nc2cc(C)nn2-c2ccnc3cc(Cl)ccc23)cc1. The molecular weight excluding hydrogens is 360 g/mol. The molecule has 0 unspecified atom stereocenters. The van der Waals surface area contributed by atoms with Gasteiger partial charge in [0, 0.05) is 28.4 Å². The Bertz CT molecular complexity index is 1090. The van der Waals surface area contributed by atoms with Gasteiger partial charge in [-0.25, -0.2) is 4.68 Å². The van der Waals surface area contributed by atoms with Gasteiger partial charge in [0.2, 0.25) is 0 Å². The molecule has 0 fully saturated rings. The summed E-state index contributed by atoms with van der Waals surface area (Å²) in [6.07, 6.45) is 1.77. The molecule has 1 N–H and O–H groups in total. The summed E-state index contributed by atoms with van der Waals surface area (Å²) in [5.74, 6) is 1.73. The molecule has 0 bridgehead atoms. The molecule has 136 valence electrons. The topological polar surface area (TPSA) is 52.0 Å². The van der Waals surface area contributed by atoms with Crippen LogP contribution >= 0.6 is 11.6 Å². The third-order valence-electron chi connectivity index (χ3n) is 4.18. The van der Waals surface area contributed by atoms with Gasteiger partial charge in [0.25, 0.3) is 0 Å². The van der Waals surface area contributed by atoms with Crippen LogP contribution in [0.5, 0.6) is 5.75 Å². The van der Waals surface area contributed by atoms with E-state index in [0.29, 0.717) is 11.6 Å². The monoisotopic (exact) mass is 378 g/mol. The minimum absolute atomic E-state index is 0.651. The highest BCUT2D eigenvalue weighted by atomic mass is 35.5. The van der Waals surface area contributed by atoms with Gasteiger partial charge in [0.05, 0.1) is 23.5 Å². The number of anilines is 2. The van der Waals surface area contributed by atoms with Crippen molar-refractivity contribution in [3.63, 3.8) is 0 Å². The normalized spacial score (nSPS) is 10.9. The molecule has 4 aromatic rings. The summed E-state index contributed by atoms with van der Waals surface area (Å²) in [7, 11) is 0. The Morgan fingerprint density at radius 1 is 1.07 bits per heavy atom. The second kappa shape index (κ2) is 7.29. The van der Waals surface area contributed by atoms with Crippen molar-refractivity contribution in [1.29, 1.82) is 0 Å². The summed E-state index contributed by atoms with van der Waals surface area (Å²) < 4.78 is 7.40. The van der Waals surface area contributed by atoms with E-state index in [1.54, 1.807) is 6.20 Å². The zero-order chi connectivity index (χ0) is 18.8. The maximum atomic E-state index is 6.11. The Kier molecular flexibility index (Phi) is 4.69. The van der Waals surface area contributed by atoms with Crippen molar-refractivity contribution in [1.82, 2.24) is 14.8 Å². The number of hydrogen-bond acceptors (Lipinski definition) is 4. The molecule has 0 aliphatic rings. The van der Waals surface area contributed by atoms with Gasteiger partial charge >= 0.3 is 0 Å². The van der Waals surface area contributed by atoms with E-state index in [0.717, 1.165) is 39.5 Å². The number of hydrogen-bond donors (Lipinski definition) is 1. The fourth-order valence-electron chi connectivity index (χ4n) is 3.01. The second-order valence-electron chi connectivity index (χ2n) is 6.16. The molecule has 0 saturated carbocycles. The highest BCUT2D eigenvalue weighted by Crippen LogP contribution is 2.28. The molecule has 0 atom stereocenters. The smallest absolute Gasteiger partial charge is 0.134 e. The summed E-state index contributed by atoms with van der Waals surface area (Å²) in [4.78, 5) is 4.42. The van der Waals surface area contributed by atoms with Gasteiger partial charge < -0.3 is 10.1 Å². The zero-order valence-electron chi connectivity index (χ0n) is 15.1. The minimum atomic E-state index is 0.651. The molecule has 0 saturated heterocycles. The number of nitrogens with zero attached hydrogens (tertiary/aromatic N) is 3. The van der Waals surface area contributed by atoms with Gasteiger partial charge in [0.15, 0.2) is 0 Å². The van der Waals surface area contributed by atoms with Gasteiger partial charge in [-0.2, -0.15) is 5.10 Å². The molecule has 0 radical (unpaired) electrons. The largest absolute Gasteiger partial charge is 0.494 e. The molecule has 5 nitrogen and oxygen atoms in total. The fourth-order valence-corrected chi connectivity index (χ4v) is 3.18. The van der Waals surface area contributed by atoms with Crippen molar-refractivity contribution in [2.75, 3.05) is 11.9 Å². The van der Waals surface area contributed by atoms with Gasteiger partial charge in [-0.05, 0) is 62.4 Å². The molecule has 0 amide bonds. The first-order valence-corrected chi connectivity index (χ1v) is 9.13. The maximum absolute atomic E-state index is 6.11. The number of aromatic nitrogens is 3. The Labute approximate surface area is 162 Å². The quantitative estimate of drug-likeness (QED) is 0.496. The maximum Gasteiger partial charge on any atom is 0.134 e. The van der Waals surface area contributed by atoms with Crippen LogP contribution < -0.4 is 10.1 Å². The average molecular weight is 379 g/mol. The summed E-state index contributed by atoms with van der Waals surface area (Å²) in [6, 6.07) is 17.5. The van der Waals surface area contributed by atoms with Crippen LogP contribution in [0.4, 0.5) is 11.5 Å². The number of fused-ring (bicyclic) bond motifs is 1. The van der Waals surface area contributed by atoms with E-state index in [4.69, 9.17) is 16.3 Å². The van der Waals surface area contributed by atoms with Crippen molar-refractivity contribution in [2.45, 2.75) is 13.8 Å². The van der Waals surface area contributed by atoms with Crippen molar-refractivity contribution in [2.24, 2.45) is 0 Å². The van der Waals surface area contributed by atoms with Crippen LogP contribution in [0.3, 0.4) is 0 Å². The predicted molar refractivity (Wildman–Crippen MR) is 110 cm³/mol. The number of rotatable bonds is 5. The van der Waals surface area contributed by atoms with Crippen molar-refractivity contribution in [3.05, 3.63) is 71.5 Å². The number of pyridine rings is 1. The lowest BCUT2D eigenvalue weighted by atomic mass is 10.2. The van der Waals surface area contributed by atoms with E-state index in [1.807, 2.05) is 73.1 Å². The third kappa shape index (κ3) is 3.59. The van der Waals surface area contributed by atoms with Crippen molar-refractivity contribution < 1.29 is 4.74 Å². The minimum Gasteiger partial charge on any atom is -0.494 e. The van der Waals surface area contributed by atoms with Crippen LogP contribution in [-0.4, -0.2) is 21.4 Å². The number of benzene rings is 2. The second-order valence-corrected chi connectivity index (χ2v) is 6.59. The number of ether oxygens (including phenoxy) is 1. The molecular formula is C21H19ClN4O. The summed E-state index contributed by atoms with van der Waals surface area (Å²) in [5.41, 5.74) is 3.65. The van der Waals surface area contributed by atoms with Crippen molar-refractivity contribution in [3.8, 4) is 11.4 Å². The molecule has 2 heterocycles. The Morgan fingerprint density at radius 2 is 1.89 bits per heavy atom. The first-order chi connectivity index (χ1) is 13.1. The first-order valence-electron chi connectivity index (χ1n) is 8.75. The Balaban J connectivity index is 1.73. The van der Waals surface area contributed by atoms with Crippen LogP contribution in [0.1, 0.15) is 12.6 Å². The van der Waals surface area contributed by atoms with Crippen LogP contribution in [-0.2, 0) is 0 Å². The summed E-state index contributed by atoms with van der Waals surface area (Å²) >= 11 is 6.11. The predicted octanol–water partition coefficient (Wildman–Crippen LogP) is 5.52. The van der Waals surface area contributed by atoms with Gasteiger partial charge in [-0.3, -0.25) is 4.98 Å². The fraction of sp³-hybridized carbons (Fsp3) is 0.143. The molecule has 2 aromatic heterocycles. The molecule has 0 aliphatic carbocycles. The Hall–Kier alpha value is -3.05. The zero-order valence-corrected chi connectivity index (χ0v) is 15.9.